The Bertz CT molecular complexity index is 352. The van der Waals surface area contributed by atoms with Crippen molar-refractivity contribution in [3.05, 3.63) is 30.1 Å². The first-order valence-corrected chi connectivity index (χ1v) is 5.70. The average molecular weight is 256 g/mol. The molecule has 0 aromatic carbocycles. The van der Waals surface area contributed by atoms with Crippen LogP contribution in [0.3, 0.4) is 0 Å². The minimum Gasteiger partial charge on any atom is -0.341 e. The molecule has 1 aromatic rings. The molecule has 0 aliphatic carbocycles. The largest absolute Gasteiger partial charge is 0.341 e. The van der Waals surface area contributed by atoms with Gasteiger partial charge in [0.1, 0.15) is 0 Å². The summed E-state index contributed by atoms with van der Waals surface area (Å²) in [6.07, 6.45) is 6.26. The normalized spacial score (nSPS) is 16.4. The second kappa shape index (κ2) is 6.57. The highest BCUT2D eigenvalue weighted by Gasteiger charge is 2.23. The lowest BCUT2D eigenvalue weighted by Gasteiger charge is -2.20. The van der Waals surface area contributed by atoms with E-state index >= 15 is 0 Å². The fourth-order valence-corrected chi connectivity index (χ4v) is 2.03. The molecule has 1 aliphatic rings. The number of likely N-dealkylation sites (tertiary alicyclic amines) is 1. The summed E-state index contributed by atoms with van der Waals surface area (Å²) in [4.78, 5) is 17.8. The summed E-state index contributed by atoms with van der Waals surface area (Å²) < 4.78 is 0. The van der Waals surface area contributed by atoms with Crippen LogP contribution in [-0.2, 0) is 11.2 Å². The van der Waals surface area contributed by atoms with Crippen LogP contribution in [0.5, 0.6) is 0 Å². The van der Waals surface area contributed by atoms with Crippen molar-refractivity contribution in [3.8, 4) is 0 Å². The summed E-state index contributed by atoms with van der Waals surface area (Å²) in [5, 5.41) is 0. The number of pyridine rings is 1. The minimum absolute atomic E-state index is 0. The van der Waals surface area contributed by atoms with Crippen LogP contribution in [0.25, 0.3) is 0 Å². The molecule has 94 valence electrons. The molecule has 1 unspecified atom stereocenters. The second-order valence-electron chi connectivity index (χ2n) is 4.20. The van der Waals surface area contributed by atoms with Gasteiger partial charge in [-0.25, -0.2) is 0 Å². The smallest absolute Gasteiger partial charge is 0.239 e. The Morgan fingerprint density at radius 3 is 2.76 bits per heavy atom. The summed E-state index contributed by atoms with van der Waals surface area (Å²) in [6, 6.07) is 3.38. The molecule has 0 saturated carbocycles. The third-order valence-electron chi connectivity index (χ3n) is 2.91. The summed E-state index contributed by atoms with van der Waals surface area (Å²) in [5.74, 6) is 0.0707. The van der Waals surface area contributed by atoms with Crippen molar-refractivity contribution in [2.24, 2.45) is 5.73 Å². The highest BCUT2D eigenvalue weighted by atomic mass is 35.5. The Morgan fingerprint density at radius 1 is 1.47 bits per heavy atom. The van der Waals surface area contributed by atoms with Crippen LogP contribution in [0.1, 0.15) is 18.4 Å². The van der Waals surface area contributed by atoms with Gasteiger partial charge in [-0.2, -0.15) is 0 Å². The van der Waals surface area contributed by atoms with Gasteiger partial charge in [0, 0.05) is 25.5 Å². The summed E-state index contributed by atoms with van der Waals surface area (Å²) in [5.41, 5.74) is 6.93. The van der Waals surface area contributed by atoms with Gasteiger partial charge in [-0.1, -0.05) is 6.07 Å². The third kappa shape index (κ3) is 3.68. The van der Waals surface area contributed by atoms with Gasteiger partial charge in [-0.15, -0.1) is 12.4 Å². The first kappa shape index (κ1) is 13.9. The Hall–Kier alpha value is -1.13. The van der Waals surface area contributed by atoms with Crippen LogP contribution < -0.4 is 5.73 Å². The molecular weight excluding hydrogens is 238 g/mol. The third-order valence-corrected chi connectivity index (χ3v) is 2.91. The molecule has 1 atom stereocenters. The van der Waals surface area contributed by atoms with Crippen molar-refractivity contribution in [1.82, 2.24) is 9.88 Å². The van der Waals surface area contributed by atoms with Gasteiger partial charge in [0.15, 0.2) is 0 Å². The van der Waals surface area contributed by atoms with E-state index in [1.165, 1.54) is 0 Å². The van der Waals surface area contributed by atoms with Crippen molar-refractivity contribution >= 4 is 18.3 Å². The van der Waals surface area contributed by atoms with Crippen molar-refractivity contribution in [3.63, 3.8) is 0 Å². The van der Waals surface area contributed by atoms with Crippen LogP contribution in [0.4, 0.5) is 0 Å². The van der Waals surface area contributed by atoms with E-state index in [1.54, 1.807) is 12.4 Å². The topological polar surface area (TPSA) is 59.2 Å². The van der Waals surface area contributed by atoms with E-state index in [2.05, 4.69) is 4.98 Å². The molecule has 0 spiro atoms. The van der Waals surface area contributed by atoms with Crippen LogP contribution >= 0.6 is 12.4 Å². The number of nitrogens with zero attached hydrogens (tertiary/aromatic N) is 2. The summed E-state index contributed by atoms with van der Waals surface area (Å²) in [6.45, 7) is 1.72. The number of hydrogen-bond acceptors (Lipinski definition) is 3. The first-order valence-electron chi connectivity index (χ1n) is 5.70. The molecule has 0 bridgehead atoms. The van der Waals surface area contributed by atoms with Crippen LogP contribution in [-0.4, -0.2) is 34.9 Å². The zero-order chi connectivity index (χ0) is 11.4. The Kier molecular flexibility index (Phi) is 5.38. The molecule has 17 heavy (non-hydrogen) atoms. The SMILES string of the molecule is Cl.NC(Cc1cccnc1)C(=O)N1CCCC1. The first-order chi connectivity index (χ1) is 7.77. The maximum Gasteiger partial charge on any atom is 0.239 e. The van der Waals surface area contributed by atoms with Gasteiger partial charge in [0.25, 0.3) is 0 Å². The molecule has 2 heterocycles. The van der Waals surface area contributed by atoms with E-state index in [-0.39, 0.29) is 18.3 Å². The molecule has 0 radical (unpaired) electrons. The number of amides is 1. The number of halogens is 1. The van der Waals surface area contributed by atoms with E-state index in [0.717, 1.165) is 31.5 Å². The number of carbonyl (C=O) groups excluding carboxylic acids is 1. The second-order valence-corrected chi connectivity index (χ2v) is 4.20. The summed E-state index contributed by atoms with van der Waals surface area (Å²) >= 11 is 0. The number of nitrogens with two attached hydrogens (primary N) is 1. The standard InChI is InChI=1S/C12H17N3O.ClH/c13-11(8-10-4-3-5-14-9-10)12(16)15-6-1-2-7-15;/h3-5,9,11H,1-2,6-8,13H2;1H. The maximum absolute atomic E-state index is 11.9. The summed E-state index contributed by atoms with van der Waals surface area (Å²) in [7, 11) is 0. The zero-order valence-corrected chi connectivity index (χ0v) is 10.5. The average Bonchev–Trinajstić information content (AvgIpc) is 2.83. The molecule has 2 N–H and O–H groups in total. The lowest BCUT2D eigenvalue weighted by molar-refractivity contribution is -0.131. The van der Waals surface area contributed by atoms with Gasteiger partial charge >= 0.3 is 0 Å². The molecule has 1 amide bonds. The molecular formula is C12H18ClN3O. The lowest BCUT2D eigenvalue weighted by atomic mass is 10.1. The van der Waals surface area contributed by atoms with Gasteiger partial charge in [-0.05, 0) is 30.9 Å². The predicted octanol–water partition coefficient (Wildman–Crippen LogP) is 0.996. The fraction of sp³-hybridized carbons (Fsp3) is 0.500. The van der Waals surface area contributed by atoms with Crippen LogP contribution in [0, 0.1) is 0 Å². The molecule has 4 nitrogen and oxygen atoms in total. The molecule has 5 heteroatoms. The van der Waals surface area contributed by atoms with Gasteiger partial charge < -0.3 is 10.6 Å². The van der Waals surface area contributed by atoms with Crippen molar-refractivity contribution in [1.29, 1.82) is 0 Å². The van der Waals surface area contributed by atoms with E-state index in [0.29, 0.717) is 6.42 Å². The monoisotopic (exact) mass is 255 g/mol. The molecule has 1 aliphatic heterocycles. The van der Waals surface area contributed by atoms with Crippen LogP contribution in [0.15, 0.2) is 24.5 Å². The number of rotatable bonds is 3. The molecule has 1 aromatic heterocycles. The van der Waals surface area contributed by atoms with E-state index in [4.69, 9.17) is 5.73 Å². The maximum atomic E-state index is 11.9. The van der Waals surface area contributed by atoms with Crippen LogP contribution in [0.2, 0.25) is 0 Å². The van der Waals surface area contributed by atoms with Gasteiger partial charge in [0.2, 0.25) is 5.91 Å². The van der Waals surface area contributed by atoms with E-state index in [1.807, 2.05) is 17.0 Å². The minimum atomic E-state index is -0.428. The molecule has 1 fully saturated rings. The van der Waals surface area contributed by atoms with Crippen molar-refractivity contribution < 1.29 is 4.79 Å². The number of carbonyl (C=O) groups is 1. The van der Waals surface area contributed by atoms with Crippen molar-refractivity contribution in [2.75, 3.05) is 13.1 Å². The van der Waals surface area contributed by atoms with Gasteiger partial charge in [0.05, 0.1) is 6.04 Å². The quantitative estimate of drug-likeness (QED) is 0.877. The number of hydrogen-bond donors (Lipinski definition) is 1. The Labute approximate surface area is 108 Å². The molecule has 1 saturated heterocycles. The van der Waals surface area contributed by atoms with E-state index < -0.39 is 6.04 Å². The Balaban J connectivity index is 0.00000144. The predicted molar refractivity (Wildman–Crippen MR) is 69.0 cm³/mol. The van der Waals surface area contributed by atoms with Crippen molar-refractivity contribution in [2.45, 2.75) is 25.3 Å². The highest BCUT2D eigenvalue weighted by Crippen LogP contribution is 2.10. The lowest BCUT2D eigenvalue weighted by Crippen LogP contribution is -2.43. The Morgan fingerprint density at radius 2 is 2.18 bits per heavy atom. The molecule has 2 rings (SSSR count). The van der Waals surface area contributed by atoms with E-state index in [9.17, 15) is 4.79 Å². The fourth-order valence-electron chi connectivity index (χ4n) is 2.03. The zero-order valence-electron chi connectivity index (χ0n) is 9.71. The highest BCUT2D eigenvalue weighted by molar-refractivity contribution is 5.85. The number of aromatic nitrogens is 1. The van der Waals surface area contributed by atoms with Gasteiger partial charge in [-0.3, -0.25) is 9.78 Å².